The fourth-order valence-corrected chi connectivity index (χ4v) is 2.82. The predicted molar refractivity (Wildman–Crippen MR) is 78.3 cm³/mol. The molecule has 0 radical (unpaired) electrons. The van der Waals surface area contributed by atoms with Crippen LogP contribution in [0.2, 0.25) is 0 Å². The van der Waals surface area contributed by atoms with Gasteiger partial charge in [-0.05, 0) is 33.1 Å². The van der Waals surface area contributed by atoms with E-state index < -0.39 is 17.1 Å². The van der Waals surface area contributed by atoms with Crippen LogP contribution in [0, 0.1) is 5.92 Å². The standard InChI is InChI=1S/C15H28N2O3/c1-8-15(6)13(19)17(14(4,5)9-20-7)11(10(2)3)12(18)16-15/h10-11H,8-9H2,1-7H3,(H,16,18). The molecule has 2 amide bonds. The third kappa shape index (κ3) is 2.82. The first kappa shape index (κ1) is 17.0. The van der Waals surface area contributed by atoms with Crippen molar-refractivity contribution < 1.29 is 14.3 Å². The van der Waals surface area contributed by atoms with Gasteiger partial charge in [0.05, 0.1) is 12.1 Å². The minimum atomic E-state index is -0.826. The molecule has 0 aromatic heterocycles. The summed E-state index contributed by atoms with van der Waals surface area (Å²) in [5, 5.41) is 2.90. The minimum Gasteiger partial charge on any atom is -0.382 e. The third-order valence-electron chi connectivity index (χ3n) is 4.13. The molecule has 1 fully saturated rings. The average molecular weight is 284 g/mol. The van der Waals surface area contributed by atoms with Gasteiger partial charge in [-0.3, -0.25) is 9.59 Å². The highest BCUT2D eigenvalue weighted by Gasteiger charge is 2.52. The molecule has 20 heavy (non-hydrogen) atoms. The Morgan fingerprint density at radius 1 is 1.40 bits per heavy atom. The van der Waals surface area contributed by atoms with E-state index in [1.54, 1.807) is 18.9 Å². The Labute approximate surface area is 122 Å². The summed E-state index contributed by atoms with van der Waals surface area (Å²) in [6.45, 7) is 11.9. The first-order valence-electron chi connectivity index (χ1n) is 7.25. The number of methoxy groups -OCH3 is 1. The molecule has 1 rings (SSSR count). The lowest BCUT2D eigenvalue weighted by molar-refractivity contribution is -0.165. The van der Waals surface area contributed by atoms with E-state index in [9.17, 15) is 9.59 Å². The summed E-state index contributed by atoms with van der Waals surface area (Å²) in [6.07, 6.45) is 0.571. The van der Waals surface area contributed by atoms with Gasteiger partial charge in [0.1, 0.15) is 11.6 Å². The molecular weight excluding hydrogens is 256 g/mol. The molecule has 1 N–H and O–H groups in total. The number of carbonyl (C=O) groups is 2. The summed E-state index contributed by atoms with van der Waals surface area (Å²) in [5.41, 5.74) is -1.34. The van der Waals surface area contributed by atoms with Gasteiger partial charge >= 0.3 is 0 Å². The van der Waals surface area contributed by atoms with Gasteiger partial charge in [-0.1, -0.05) is 20.8 Å². The maximum absolute atomic E-state index is 12.9. The predicted octanol–water partition coefficient (Wildman–Crippen LogP) is 1.56. The summed E-state index contributed by atoms with van der Waals surface area (Å²) >= 11 is 0. The number of ether oxygens (including phenoxy) is 1. The number of rotatable bonds is 5. The molecule has 2 atom stereocenters. The maximum Gasteiger partial charge on any atom is 0.249 e. The summed E-state index contributed by atoms with van der Waals surface area (Å²) in [5.74, 6) is -0.0510. The zero-order chi connectivity index (χ0) is 15.7. The molecule has 0 aromatic carbocycles. The molecule has 0 spiro atoms. The molecule has 2 unspecified atom stereocenters. The molecule has 0 aromatic rings. The molecule has 5 nitrogen and oxygen atoms in total. The van der Waals surface area contributed by atoms with E-state index in [1.165, 1.54) is 0 Å². The van der Waals surface area contributed by atoms with Crippen LogP contribution in [0.3, 0.4) is 0 Å². The van der Waals surface area contributed by atoms with Gasteiger partial charge in [-0.25, -0.2) is 0 Å². The second-order valence-corrected chi connectivity index (χ2v) is 6.78. The highest BCUT2D eigenvalue weighted by atomic mass is 16.5. The number of nitrogens with one attached hydrogen (secondary N) is 1. The van der Waals surface area contributed by atoms with Crippen LogP contribution in [0.4, 0.5) is 0 Å². The van der Waals surface area contributed by atoms with Crippen LogP contribution >= 0.6 is 0 Å². The molecule has 1 aliphatic heterocycles. The lowest BCUT2D eigenvalue weighted by Crippen LogP contribution is -2.74. The van der Waals surface area contributed by atoms with Crippen LogP contribution < -0.4 is 5.32 Å². The zero-order valence-corrected chi connectivity index (χ0v) is 13.7. The van der Waals surface area contributed by atoms with Crippen molar-refractivity contribution in [3.05, 3.63) is 0 Å². The summed E-state index contributed by atoms with van der Waals surface area (Å²) in [7, 11) is 1.61. The summed E-state index contributed by atoms with van der Waals surface area (Å²) in [4.78, 5) is 27.1. The number of amides is 2. The fourth-order valence-electron chi connectivity index (χ4n) is 2.82. The van der Waals surface area contributed by atoms with Gasteiger partial charge in [0, 0.05) is 7.11 Å². The molecular formula is C15H28N2O3. The first-order chi connectivity index (χ1) is 9.10. The smallest absolute Gasteiger partial charge is 0.249 e. The molecule has 1 aliphatic rings. The van der Waals surface area contributed by atoms with Gasteiger partial charge in [0.2, 0.25) is 11.8 Å². The largest absolute Gasteiger partial charge is 0.382 e. The highest BCUT2D eigenvalue weighted by Crippen LogP contribution is 2.31. The number of hydrogen-bond acceptors (Lipinski definition) is 3. The van der Waals surface area contributed by atoms with Crippen molar-refractivity contribution in [2.24, 2.45) is 5.92 Å². The van der Waals surface area contributed by atoms with Gasteiger partial charge in [-0.2, -0.15) is 0 Å². The molecule has 1 saturated heterocycles. The molecule has 0 aliphatic carbocycles. The van der Waals surface area contributed by atoms with Gasteiger partial charge in [0.25, 0.3) is 0 Å². The Morgan fingerprint density at radius 3 is 2.35 bits per heavy atom. The fraction of sp³-hybridized carbons (Fsp3) is 0.867. The Balaban J connectivity index is 3.28. The zero-order valence-electron chi connectivity index (χ0n) is 13.7. The first-order valence-corrected chi connectivity index (χ1v) is 7.25. The SMILES string of the molecule is CCC1(C)NC(=O)C(C(C)C)N(C(C)(C)COC)C1=O. The summed E-state index contributed by atoms with van der Waals surface area (Å²) in [6, 6.07) is -0.452. The van der Waals surface area contributed by atoms with Crippen LogP contribution in [0.1, 0.15) is 48.0 Å². The number of piperazine rings is 1. The van der Waals surface area contributed by atoms with E-state index >= 15 is 0 Å². The van der Waals surface area contributed by atoms with Crippen molar-refractivity contribution in [3.63, 3.8) is 0 Å². The van der Waals surface area contributed by atoms with Crippen molar-refractivity contribution in [2.75, 3.05) is 13.7 Å². The maximum atomic E-state index is 12.9. The van der Waals surface area contributed by atoms with Crippen LogP contribution in [0.15, 0.2) is 0 Å². The highest BCUT2D eigenvalue weighted by molar-refractivity contribution is 6.00. The normalized spacial score (nSPS) is 28.0. The van der Waals surface area contributed by atoms with E-state index in [0.29, 0.717) is 13.0 Å². The lowest BCUT2D eigenvalue weighted by atomic mass is 9.84. The lowest BCUT2D eigenvalue weighted by Gasteiger charge is -2.52. The van der Waals surface area contributed by atoms with Gasteiger partial charge in [-0.15, -0.1) is 0 Å². The Bertz CT molecular complexity index is 393. The van der Waals surface area contributed by atoms with Crippen LogP contribution in [-0.4, -0.2) is 47.6 Å². The topological polar surface area (TPSA) is 58.6 Å². The Morgan fingerprint density at radius 2 is 1.95 bits per heavy atom. The number of carbonyl (C=O) groups excluding carboxylic acids is 2. The molecule has 5 heteroatoms. The van der Waals surface area contributed by atoms with Gasteiger partial charge < -0.3 is 15.0 Å². The van der Waals surface area contributed by atoms with Crippen molar-refractivity contribution in [3.8, 4) is 0 Å². The quantitative estimate of drug-likeness (QED) is 0.833. The molecule has 116 valence electrons. The molecule has 1 heterocycles. The van der Waals surface area contributed by atoms with Crippen molar-refractivity contribution >= 4 is 11.8 Å². The van der Waals surface area contributed by atoms with E-state index in [4.69, 9.17) is 4.74 Å². The van der Waals surface area contributed by atoms with E-state index in [1.807, 2.05) is 34.6 Å². The van der Waals surface area contributed by atoms with Crippen LogP contribution in [0.25, 0.3) is 0 Å². The van der Waals surface area contributed by atoms with E-state index in [2.05, 4.69) is 5.32 Å². The average Bonchev–Trinajstić information content (AvgIpc) is 2.32. The second-order valence-electron chi connectivity index (χ2n) is 6.78. The van der Waals surface area contributed by atoms with Crippen molar-refractivity contribution in [1.29, 1.82) is 0 Å². The van der Waals surface area contributed by atoms with E-state index in [0.717, 1.165) is 0 Å². The summed E-state index contributed by atoms with van der Waals surface area (Å²) < 4.78 is 5.25. The minimum absolute atomic E-state index is 0.0275. The van der Waals surface area contributed by atoms with E-state index in [-0.39, 0.29) is 17.7 Å². The van der Waals surface area contributed by atoms with Crippen LogP contribution in [-0.2, 0) is 14.3 Å². The molecule has 0 bridgehead atoms. The van der Waals surface area contributed by atoms with Crippen LogP contribution in [0.5, 0.6) is 0 Å². The molecule has 0 saturated carbocycles. The Hall–Kier alpha value is -1.10. The van der Waals surface area contributed by atoms with Crippen molar-refractivity contribution in [2.45, 2.75) is 65.1 Å². The number of hydrogen-bond donors (Lipinski definition) is 1. The monoisotopic (exact) mass is 284 g/mol. The van der Waals surface area contributed by atoms with Gasteiger partial charge in [0.15, 0.2) is 0 Å². The van der Waals surface area contributed by atoms with Crippen molar-refractivity contribution in [1.82, 2.24) is 10.2 Å². The third-order valence-corrected chi connectivity index (χ3v) is 4.13. The number of nitrogens with zero attached hydrogens (tertiary/aromatic N) is 1. The second kappa shape index (κ2) is 5.72. The Kier molecular flexibility index (Phi) is 4.85.